The molecular formula is C35H45N5O8. The van der Waals surface area contributed by atoms with Crippen molar-refractivity contribution in [3.63, 3.8) is 0 Å². The molecule has 0 radical (unpaired) electrons. The number of benzene rings is 2. The van der Waals surface area contributed by atoms with Gasteiger partial charge in [0.05, 0.1) is 18.5 Å². The number of fused-ring (bicyclic) bond motifs is 2. The molecule has 5 amide bonds. The highest BCUT2D eigenvalue weighted by Gasteiger charge is 2.43. The molecule has 258 valence electrons. The molecule has 5 rings (SSSR count). The number of rotatable bonds is 5. The van der Waals surface area contributed by atoms with Crippen LogP contribution in [-0.4, -0.2) is 80.1 Å². The molecule has 13 heteroatoms. The summed E-state index contributed by atoms with van der Waals surface area (Å²) in [5, 5.41) is 14.2. The third-order valence-electron chi connectivity index (χ3n) is 8.88. The lowest BCUT2D eigenvalue weighted by Gasteiger charge is -2.38. The van der Waals surface area contributed by atoms with Crippen molar-refractivity contribution < 1.29 is 38.2 Å². The minimum absolute atomic E-state index is 0.0581. The van der Waals surface area contributed by atoms with Gasteiger partial charge in [-0.2, -0.15) is 0 Å². The van der Waals surface area contributed by atoms with E-state index in [4.69, 9.17) is 14.2 Å². The van der Waals surface area contributed by atoms with E-state index in [-0.39, 0.29) is 42.8 Å². The number of ether oxygens (including phenoxy) is 3. The van der Waals surface area contributed by atoms with Gasteiger partial charge in [0.25, 0.3) is 5.91 Å². The second-order valence-electron chi connectivity index (χ2n) is 12.8. The number of amides is 5. The summed E-state index contributed by atoms with van der Waals surface area (Å²) >= 11 is 0. The first-order chi connectivity index (χ1) is 23.1. The van der Waals surface area contributed by atoms with E-state index in [0.29, 0.717) is 56.8 Å². The van der Waals surface area contributed by atoms with Crippen molar-refractivity contribution >= 4 is 29.5 Å². The number of hydrogen-bond donors (Lipinski definition) is 5. The minimum Gasteiger partial charge on any atom is -0.491 e. The van der Waals surface area contributed by atoms with Crippen molar-refractivity contribution in [1.82, 2.24) is 26.6 Å². The van der Waals surface area contributed by atoms with Gasteiger partial charge >= 0.3 is 0 Å². The van der Waals surface area contributed by atoms with E-state index < -0.39 is 47.7 Å². The van der Waals surface area contributed by atoms with Crippen LogP contribution in [0.15, 0.2) is 42.5 Å². The van der Waals surface area contributed by atoms with Gasteiger partial charge < -0.3 is 40.8 Å². The van der Waals surface area contributed by atoms with Gasteiger partial charge in [-0.25, -0.2) is 0 Å². The number of carbonyl (C=O) groups excluding carboxylic acids is 5. The van der Waals surface area contributed by atoms with Crippen LogP contribution in [0.1, 0.15) is 68.3 Å². The molecule has 2 aromatic carbocycles. The summed E-state index contributed by atoms with van der Waals surface area (Å²) in [6, 6.07) is 10.0. The van der Waals surface area contributed by atoms with Gasteiger partial charge in [0.1, 0.15) is 43.2 Å². The smallest absolute Gasteiger partial charge is 0.255 e. The van der Waals surface area contributed by atoms with Crippen LogP contribution in [-0.2, 0) is 25.6 Å². The zero-order chi connectivity index (χ0) is 34.1. The van der Waals surface area contributed by atoms with Gasteiger partial charge in [-0.1, -0.05) is 51.3 Å². The molecular weight excluding hydrogens is 618 g/mol. The summed E-state index contributed by atoms with van der Waals surface area (Å²) in [5.41, 5.74) is -0.169. The SMILES string of the molecule is CC(C)[C@H]1NC(=O)C2(CCCCC2)NC(=O)C[C@@H](C(=O)NCCc2ccc3c(c2)OCCO3)NC(=O)c2ccccc2OCCNC1=O. The third kappa shape index (κ3) is 8.55. The quantitative estimate of drug-likeness (QED) is 0.322. The molecule has 0 bridgehead atoms. The number of para-hydroxylation sites is 1. The van der Waals surface area contributed by atoms with Gasteiger partial charge in [0.2, 0.25) is 23.6 Å². The molecule has 48 heavy (non-hydrogen) atoms. The van der Waals surface area contributed by atoms with Gasteiger partial charge in [-0.05, 0) is 55.0 Å². The van der Waals surface area contributed by atoms with E-state index in [1.807, 2.05) is 32.0 Å². The number of carbonyl (C=O) groups is 5. The highest BCUT2D eigenvalue weighted by Crippen LogP contribution is 2.31. The fraction of sp³-hybridized carbons (Fsp3) is 0.514. The Morgan fingerprint density at radius 1 is 0.896 bits per heavy atom. The molecule has 1 fully saturated rings. The highest BCUT2D eigenvalue weighted by atomic mass is 16.6. The highest BCUT2D eigenvalue weighted by molar-refractivity contribution is 6.01. The molecule has 2 aromatic rings. The van der Waals surface area contributed by atoms with Crippen molar-refractivity contribution in [2.45, 2.75) is 76.4 Å². The van der Waals surface area contributed by atoms with Crippen LogP contribution in [0.3, 0.4) is 0 Å². The maximum absolute atomic E-state index is 13.8. The Bertz CT molecular complexity index is 1510. The number of nitrogens with one attached hydrogen (secondary N) is 5. The molecule has 13 nitrogen and oxygen atoms in total. The summed E-state index contributed by atoms with van der Waals surface area (Å²) in [5.74, 6) is -1.21. The van der Waals surface area contributed by atoms with Crippen LogP contribution in [0.4, 0.5) is 0 Å². The second kappa shape index (κ2) is 15.9. The normalized spacial score (nSPS) is 21.8. The van der Waals surface area contributed by atoms with E-state index in [0.717, 1.165) is 12.0 Å². The zero-order valence-electron chi connectivity index (χ0n) is 27.5. The van der Waals surface area contributed by atoms with E-state index in [2.05, 4.69) is 26.6 Å². The van der Waals surface area contributed by atoms with Crippen LogP contribution in [0.2, 0.25) is 0 Å². The molecule has 3 aliphatic rings. The number of hydrogen-bond acceptors (Lipinski definition) is 8. The monoisotopic (exact) mass is 663 g/mol. The molecule has 1 spiro atoms. The largest absolute Gasteiger partial charge is 0.491 e. The van der Waals surface area contributed by atoms with Crippen molar-refractivity contribution in [2.24, 2.45) is 5.92 Å². The lowest BCUT2D eigenvalue weighted by Crippen LogP contribution is -2.64. The van der Waals surface area contributed by atoms with Gasteiger partial charge in [0.15, 0.2) is 11.5 Å². The zero-order valence-corrected chi connectivity index (χ0v) is 27.5. The van der Waals surface area contributed by atoms with Crippen molar-refractivity contribution in [3.05, 3.63) is 53.6 Å². The predicted octanol–water partition coefficient (Wildman–Crippen LogP) is 1.77. The standard InChI is InChI=1S/C35H45N5O8/c1-22(2)30-33(44)37-16-17-46-26-9-5-4-8-24(26)31(42)38-25(21-29(41)40-35(34(45)39-30)13-6-3-7-14-35)32(43)36-15-12-23-10-11-27-28(20-23)48-19-18-47-27/h4-5,8-11,20,22,25,30H,3,6-7,12-19,21H2,1-2H3,(H,36,43)(H,37,44)(H,38,42)(H,39,45)(H,40,41)/t25-,30+/m0/s1. The summed E-state index contributed by atoms with van der Waals surface area (Å²) in [4.78, 5) is 67.8. The Morgan fingerprint density at radius 3 is 2.40 bits per heavy atom. The molecule has 2 aliphatic heterocycles. The molecule has 0 saturated heterocycles. The Hall–Kier alpha value is -4.81. The first-order valence-corrected chi connectivity index (χ1v) is 16.7. The van der Waals surface area contributed by atoms with Crippen LogP contribution >= 0.6 is 0 Å². The lowest BCUT2D eigenvalue weighted by atomic mass is 9.80. The molecule has 5 N–H and O–H groups in total. The maximum atomic E-state index is 13.8. The van der Waals surface area contributed by atoms with E-state index in [1.54, 1.807) is 24.3 Å². The van der Waals surface area contributed by atoms with Crippen LogP contribution in [0.25, 0.3) is 0 Å². The maximum Gasteiger partial charge on any atom is 0.255 e. The second-order valence-corrected chi connectivity index (χ2v) is 12.8. The summed E-state index contributed by atoms with van der Waals surface area (Å²) in [7, 11) is 0. The molecule has 0 unspecified atom stereocenters. The van der Waals surface area contributed by atoms with Gasteiger partial charge in [-0.15, -0.1) is 0 Å². The van der Waals surface area contributed by atoms with Gasteiger partial charge in [0, 0.05) is 6.54 Å². The Kier molecular flexibility index (Phi) is 11.4. The topological polar surface area (TPSA) is 173 Å². The van der Waals surface area contributed by atoms with E-state index >= 15 is 0 Å². The lowest BCUT2D eigenvalue weighted by molar-refractivity contribution is -0.138. The third-order valence-corrected chi connectivity index (χ3v) is 8.88. The Balaban J connectivity index is 1.37. The molecule has 2 atom stereocenters. The fourth-order valence-corrected chi connectivity index (χ4v) is 6.25. The first-order valence-electron chi connectivity index (χ1n) is 16.7. The molecule has 0 aromatic heterocycles. The van der Waals surface area contributed by atoms with Crippen molar-refractivity contribution in [1.29, 1.82) is 0 Å². The Morgan fingerprint density at radius 2 is 1.62 bits per heavy atom. The summed E-state index contributed by atoms with van der Waals surface area (Å²) in [6.07, 6.45) is 3.16. The van der Waals surface area contributed by atoms with E-state index in [9.17, 15) is 24.0 Å². The van der Waals surface area contributed by atoms with Crippen LogP contribution in [0, 0.1) is 5.92 Å². The summed E-state index contributed by atoms with van der Waals surface area (Å²) < 4.78 is 17.1. The van der Waals surface area contributed by atoms with Gasteiger partial charge in [-0.3, -0.25) is 24.0 Å². The van der Waals surface area contributed by atoms with Crippen molar-refractivity contribution in [2.75, 3.05) is 32.9 Å². The van der Waals surface area contributed by atoms with Crippen LogP contribution < -0.4 is 40.8 Å². The fourth-order valence-electron chi connectivity index (χ4n) is 6.25. The molecule has 2 heterocycles. The molecule has 1 aliphatic carbocycles. The minimum atomic E-state index is -1.25. The van der Waals surface area contributed by atoms with Crippen LogP contribution in [0.5, 0.6) is 17.2 Å². The molecule has 1 saturated carbocycles. The Labute approximate surface area is 280 Å². The van der Waals surface area contributed by atoms with E-state index in [1.165, 1.54) is 0 Å². The average Bonchev–Trinajstić information content (AvgIpc) is 3.08. The average molecular weight is 664 g/mol. The summed E-state index contributed by atoms with van der Waals surface area (Å²) in [6.45, 7) is 5.03. The van der Waals surface area contributed by atoms with Crippen molar-refractivity contribution in [3.8, 4) is 17.2 Å². The predicted molar refractivity (Wildman–Crippen MR) is 176 cm³/mol. The first kappa shape index (κ1) is 34.5.